The van der Waals surface area contributed by atoms with E-state index in [-0.39, 0.29) is 0 Å². The minimum atomic E-state index is 0.735. The molecule has 0 amide bonds. The molecule has 0 atom stereocenters. The second-order valence-electron chi connectivity index (χ2n) is 4.65. The van der Waals surface area contributed by atoms with Gasteiger partial charge in [0.05, 0.1) is 7.11 Å². The van der Waals surface area contributed by atoms with Crippen LogP contribution in [0.5, 0.6) is 5.75 Å². The van der Waals surface area contributed by atoms with Gasteiger partial charge in [-0.1, -0.05) is 11.3 Å². The number of nitrogens with zero attached hydrogens (tertiary/aromatic N) is 4. The van der Waals surface area contributed by atoms with Crippen molar-refractivity contribution in [2.45, 2.75) is 9.37 Å². The number of rotatable bonds is 5. The zero-order valence-electron chi connectivity index (χ0n) is 12.5. The lowest BCUT2D eigenvalue weighted by molar-refractivity contribution is 0.415. The van der Waals surface area contributed by atoms with Gasteiger partial charge in [-0.2, -0.15) is 0 Å². The molecule has 24 heavy (non-hydrogen) atoms. The van der Waals surface area contributed by atoms with Gasteiger partial charge in [-0.3, -0.25) is 0 Å². The van der Waals surface area contributed by atoms with Gasteiger partial charge in [0.25, 0.3) is 0 Å². The summed E-state index contributed by atoms with van der Waals surface area (Å²) in [5.74, 6) is 0.817. The summed E-state index contributed by atoms with van der Waals surface area (Å²) >= 11 is 4.59. The van der Waals surface area contributed by atoms with E-state index in [1.165, 1.54) is 23.1 Å². The Hall–Kier alpha value is -2.23. The van der Waals surface area contributed by atoms with E-state index in [0.29, 0.717) is 0 Å². The van der Waals surface area contributed by atoms with Crippen LogP contribution in [-0.2, 0) is 0 Å². The molecule has 0 unspecified atom stereocenters. The topological polar surface area (TPSA) is 72.8 Å². The molecule has 9 heteroatoms. The molecule has 1 N–H and O–H groups in total. The third-order valence-electron chi connectivity index (χ3n) is 3.16. The molecule has 0 spiro atoms. The van der Waals surface area contributed by atoms with Crippen LogP contribution in [0.4, 0.5) is 10.8 Å². The van der Waals surface area contributed by atoms with E-state index in [1.54, 1.807) is 24.8 Å². The fourth-order valence-corrected chi connectivity index (χ4v) is 4.59. The van der Waals surface area contributed by atoms with Gasteiger partial charge >= 0.3 is 0 Å². The highest BCUT2D eigenvalue weighted by molar-refractivity contribution is 8.01. The first kappa shape index (κ1) is 15.3. The Balaban J connectivity index is 1.51. The molecule has 0 bridgehead atoms. The maximum Gasteiger partial charge on any atom is 0.210 e. The highest BCUT2D eigenvalue weighted by Gasteiger charge is 2.11. The van der Waals surface area contributed by atoms with Crippen LogP contribution >= 0.6 is 34.4 Å². The second kappa shape index (κ2) is 6.71. The SMILES string of the molecule is COc1ccc(Nc2nnc(Sc3ncnc4sccc34)s2)cc1. The number of methoxy groups -OCH3 is 1. The first-order valence-corrected chi connectivity index (χ1v) is 9.44. The fraction of sp³-hybridized carbons (Fsp3) is 0.0667. The number of benzene rings is 1. The molecule has 0 aliphatic carbocycles. The van der Waals surface area contributed by atoms with Crippen molar-refractivity contribution >= 4 is 55.5 Å². The van der Waals surface area contributed by atoms with E-state index in [9.17, 15) is 0 Å². The minimum Gasteiger partial charge on any atom is -0.497 e. The summed E-state index contributed by atoms with van der Waals surface area (Å²) in [5, 5.41) is 16.3. The molecule has 1 aromatic carbocycles. The van der Waals surface area contributed by atoms with Crippen LogP contribution in [0.2, 0.25) is 0 Å². The average molecular weight is 373 g/mol. The molecule has 0 radical (unpaired) electrons. The van der Waals surface area contributed by atoms with Crippen LogP contribution in [0.15, 0.2) is 51.4 Å². The van der Waals surface area contributed by atoms with Crippen molar-refractivity contribution in [2.75, 3.05) is 12.4 Å². The molecule has 4 aromatic rings. The van der Waals surface area contributed by atoms with Gasteiger partial charge in [0.1, 0.15) is 21.9 Å². The van der Waals surface area contributed by atoms with E-state index < -0.39 is 0 Å². The van der Waals surface area contributed by atoms with Gasteiger partial charge < -0.3 is 10.1 Å². The van der Waals surface area contributed by atoms with E-state index in [1.807, 2.05) is 35.7 Å². The van der Waals surface area contributed by atoms with E-state index in [0.717, 1.165) is 36.2 Å². The lowest BCUT2D eigenvalue weighted by Gasteiger charge is -2.03. The molecule has 0 fully saturated rings. The van der Waals surface area contributed by atoms with Crippen molar-refractivity contribution in [1.82, 2.24) is 20.2 Å². The Bertz CT molecular complexity index is 967. The Morgan fingerprint density at radius 3 is 2.79 bits per heavy atom. The lowest BCUT2D eigenvalue weighted by atomic mass is 10.3. The van der Waals surface area contributed by atoms with Crippen molar-refractivity contribution in [3.63, 3.8) is 0 Å². The maximum absolute atomic E-state index is 5.15. The maximum atomic E-state index is 5.15. The van der Waals surface area contributed by atoms with Crippen LogP contribution in [0, 0.1) is 0 Å². The van der Waals surface area contributed by atoms with Gasteiger partial charge in [0.2, 0.25) is 5.13 Å². The summed E-state index contributed by atoms with van der Waals surface area (Å²) in [6, 6.07) is 9.69. The number of ether oxygens (including phenoxy) is 1. The van der Waals surface area contributed by atoms with Gasteiger partial charge in [0, 0.05) is 11.1 Å². The fourth-order valence-electron chi connectivity index (χ4n) is 2.03. The number of fused-ring (bicyclic) bond motifs is 1. The highest BCUT2D eigenvalue weighted by atomic mass is 32.2. The molecule has 3 heterocycles. The molecular weight excluding hydrogens is 362 g/mol. The van der Waals surface area contributed by atoms with Crippen molar-refractivity contribution in [3.05, 3.63) is 42.0 Å². The van der Waals surface area contributed by atoms with E-state index in [4.69, 9.17) is 4.74 Å². The lowest BCUT2D eigenvalue weighted by Crippen LogP contribution is -1.89. The third-order valence-corrected chi connectivity index (χ3v) is 5.89. The average Bonchev–Trinajstić information content (AvgIpc) is 3.25. The van der Waals surface area contributed by atoms with Crippen molar-refractivity contribution in [2.24, 2.45) is 0 Å². The second-order valence-corrected chi connectivity index (χ2v) is 7.75. The van der Waals surface area contributed by atoms with Gasteiger partial charge in [-0.05, 0) is 47.5 Å². The van der Waals surface area contributed by atoms with Crippen LogP contribution < -0.4 is 10.1 Å². The van der Waals surface area contributed by atoms with Gasteiger partial charge in [0.15, 0.2) is 4.34 Å². The van der Waals surface area contributed by atoms with Crippen molar-refractivity contribution < 1.29 is 4.74 Å². The Morgan fingerprint density at radius 2 is 1.96 bits per heavy atom. The molecule has 0 aliphatic heterocycles. The van der Waals surface area contributed by atoms with Crippen molar-refractivity contribution in [1.29, 1.82) is 0 Å². The Kier molecular flexibility index (Phi) is 4.28. The number of hydrogen-bond acceptors (Lipinski definition) is 9. The van der Waals surface area contributed by atoms with E-state index in [2.05, 4.69) is 25.5 Å². The zero-order chi connectivity index (χ0) is 16.4. The molecule has 120 valence electrons. The van der Waals surface area contributed by atoms with Gasteiger partial charge in [-0.15, -0.1) is 21.5 Å². The summed E-state index contributed by atoms with van der Waals surface area (Å²) in [5.41, 5.74) is 0.936. The smallest absolute Gasteiger partial charge is 0.210 e. The third kappa shape index (κ3) is 3.18. The summed E-state index contributed by atoms with van der Waals surface area (Å²) in [7, 11) is 1.65. The highest BCUT2D eigenvalue weighted by Crippen LogP contribution is 2.36. The quantitative estimate of drug-likeness (QED) is 0.518. The first-order valence-electron chi connectivity index (χ1n) is 6.92. The van der Waals surface area contributed by atoms with Crippen LogP contribution in [0.25, 0.3) is 10.2 Å². The molecule has 4 rings (SSSR count). The summed E-state index contributed by atoms with van der Waals surface area (Å²) in [6.45, 7) is 0. The summed E-state index contributed by atoms with van der Waals surface area (Å²) < 4.78 is 5.98. The molecular formula is C15H11N5OS3. The number of thiophene rings is 1. The first-order chi connectivity index (χ1) is 11.8. The minimum absolute atomic E-state index is 0.735. The Morgan fingerprint density at radius 1 is 1.08 bits per heavy atom. The normalized spacial score (nSPS) is 10.9. The standard InChI is InChI=1S/C15H11N5OS3/c1-21-10-4-2-9(3-5-10)18-14-19-20-15(24-14)23-13-11-6-7-22-12(11)16-8-17-13/h2-8H,1H3,(H,18,19). The van der Waals surface area contributed by atoms with Crippen LogP contribution in [-0.4, -0.2) is 27.3 Å². The molecule has 3 aromatic heterocycles. The zero-order valence-corrected chi connectivity index (χ0v) is 14.9. The predicted molar refractivity (Wildman–Crippen MR) is 97.7 cm³/mol. The van der Waals surface area contributed by atoms with E-state index >= 15 is 0 Å². The number of aromatic nitrogens is 4. The monoisotopic (exact) mass is 373 g/mol. The number of hydrogen-bond donors (Lipinski definition) is 1. The van der Waals surface area contributed by atoms with Crippen LogP contribution in [0.3, 0.4) is 0 Å². The number of nitrogens with one attached hydrogen (secondary N) is 1. The summed E-state index contributed by atoms with van der Waals surface area (Å²) in [6.07, 6.45) is 1.58. The molecule has 0 saturated heterocycles. The summed E-state index contributed by atoms with van der Waals surface area (Å²) in [4.78, 5) is 9.59. The van der Waals surface area contributed by atoms with Gasteiger partial charge in [-0.25, -0.2) is 9.97 Å². The largest absolute Gasteiger partial charge is 0.497 e. The number of anilines is 2. The molecule has 0 aliphatic rings. The molecule has 0 saturated carbocycles. The van der Waals surface area contributed by atoms with Crippen molar-refractivity contribution in [3.8, 4) is 5.75 Å². The molecule has 6 nitrogen and oxygen atoms in total. The predicted octanol–water partition coefficient (Wildman–Crippen LogP) is 4.45. The van der Waals surface area contributed by atoms with Crippen LogP contribution in [0.1, 0.15) is 0 Å². The Labute approximate surface area is 150 Å².